The Balaban J connectivity index is 2.03. The van der Waals surface area contributed by atoms with Gasteiger partial charge in [-0.1, -0.05) is 12.1 Å². The molecule has 3 N–H and O–H groups in total. The molecule has 0 fully saturated rings. The van der Waals surface area contributed by atoms with Crippen molar-refractivity contribution in [2.75, 3.05) is 30.9 Å². The molecule has 4 heteroatoms. The first-order valence-electron chi connectivity index (χ1n) is 6.98. The van der Waals surface area contributed by atoms with Crippen LogP contribution in [0.3, 0.4) is 0 Å². The third-order valence-corrected chi connectivity index (χ3v) is 3.29. The SMILES string of the molecule is CN(C)c1ccc(NC(=O)c2ccc(CCN)cc2)cc1. The lowest BCUT2D eigenvalue weighted by molar-refractivity contribution is 0.102. The average molecular weight is 283 g/mol. The van der Waals surface area contributed by atoms with Gasteiger partial charge in [0, 0.05) is 31.0 Å². The molecule has 0 heterocycles. The molecular weight excluding hydrogens is 262 g/mol. The Bertz CT molecular complexity index is 588. The highest BCUT2D eigenvalue weighted by Crippen LogP contribution is 2.16. The molecule has 21 heavy (non-hydrogen) atoms. The topological polar surface area (TPSA) is 58.4 Å². The summed E-state index contributed by atoms with van der Waals surface area (Å²) in [6, 6.07) is 15.3. The number of rotatable bonds is 5. The van der Waals surface area contributed by atoms with E-state index in [9.17, 15) is 4.79 Å². The van der Waals surface area contributed by atoms with Crippen molar-refractivity contribution in [3.05, 3.63) is 59.7 Å². The summed E-state index contributed by atoms with van der Waals surface area (Å²) in [5.41, 5.74) is 9.18. The third kappa shape index (κ3) is 4.07. The molecule has 0 radical (unpaired) electrons. The van der Waals surface area contributed by atoms with Crippen LogP contribution in [0.25, 0.3) is 0 Å². The van der Waals surface area contributed by atoms with Gasteiger partial charge in [-0.15, -0.1) is 0 Å². The van der Waals surface area contributed by atoms with Gasteiger partial charge >= 0.3 is 0 Å². The summed E-state index contributed by atoms with van der Waals surface area (Å²) in [5.74, 6) is -0.105. The van der Waals surface area contributed by atoms with Gasteiger partial charge in [-0.3, -0.25) is 4.79 Å². The lowest BCUT2D eigenvalue weighted by atomic mass is 10.1. The molecule has 4 nitrogen and oxygen atoms in total. The summed E-state index contributed by atoms with van der Waals surface area (Å²) < 4.78 is 0. The van der Waals surface area contributed by atoms with Crippen LogP contribution < -0.4 is 16.0 Å². The fourth-order valence-electron chi connectivity index (χ4n) is 2.04. The fraction of sp³-hybridized carbons (Fsp3) is 0.235. The predicted octanol–water partition coefficient (Wildman–Crippen LogP) is 2.51. The van der Waals surface area contributed by atoms with Crippen LogP contribution in [-0.4, -0.2) is 26.5 Å². The van der Waals surface area contributed by atoms with Gasteiger partial charge in [0.25, 0.3) is 5.91 Å². The van der Waals surface area contributed by atoms with Crippen molar-refractivity contribution >= 4 is 17.3 Å². The molecule has 0 aliphatic carbocycles. The Morgan fingerprint density at radius 3 is 2.19 bits per heavy atom. The van der Waals surface area contributed by atoms with Crippen LogP contribution in [0.4, 0.5) is 11.4 Å². The van der Waals surface area contributed by atoms with Crippen molar-refractivity contribution in [3.63, 3.8) is 0 Å². The molecule has 1 amide bonds. The van der Waals surface area contributed by atoms with E-state index in [2.05, 4.69) is 5.32 Å². The zero-order valence-corrected chi connectivity index (χ0v) is 12.5. The van der Waals surface area contributed by atoms with Crippen LogP contribution in [0, 0.1) is 0 Å². The van der Waals surface area contributed by atoms with Crippen molar-refractivity contribution in [2.24, 2.45) is 5.73 Å². The standard InChI is InChI=1S/C17H21N3O/c1-20(2)16-9-7-15(8-10-16)19-17(21)14-5-3-13(4-6-14)11-12-18/h3-10H,11-12,18H2,1-2H3,(H,19,21). The molecule has 0 aromatic heterocycles. The van der Waals surface area contributed by atoms with Gasteiger partial charge in [0.1, 0.15) is 0 Å². The first kappa shape index (κ1) is 15.1. The predicted molar refractivity (Wildman–Crippen MR) is 87.9 cm³/mol. The smallest absolute Gasteiger partial charge is 0.255 e. The van der Waals surface area contributed by atoms with Gasteiger partial charge in [-0.25, -0.2) is 0 Å². The Morgan fingerprint density at radius 2 is 1.67 bits per heavy atom. The zero-order valence-electron chi connectivity index (χ0n) is 12.5. The van der Waals surface area contributed by atoms with Crippen molar-refractivity contribution in [3.8, 4) is 0 Å². The normalized spacial score (nSPS) is 10.2. The van der Waals surface area contributed by atoms with Gasteiger partial charge in [-0.2, -0.15) is 0 Å². The molecule has 0 aliphatic heterocycles. The van der Waals surface area contributed by atoms with Gasteiger partial charge in [0.15, 0.2) is 0 Å². The molecule has 0 aliphatic rings. The lowest BCUT2D eigenvalue weighted by Gasteiger charge is -2.13. The molecule has 2 aromatic rings. The van der Waals surface area contributed by atoms with E-state index < -0.39 is 0 Å². The monoisotopic (exact) mass is 283 g/mol. The maximum atomic E-state index is 12.2. The van der Waals surface area contributed by atoms with E-state index in [0.717, 1.165) is 23.4 Å². The number of benzene rings is 2. The highest BCUT2D eigenvalue weighted by atomic mass is 16.1. The second-order valence-electron chi connectivity index (χ2n) is 5.13. The molecule has 0 saturated carbocycles. The summed E-state index contributed by atoms with van der Waals surface area (Å²) >= 11 is 0. The summed E-state index contributed by atoms with van der Waals surface area (Å²) in [6.45, 7) is 0.615. The molecule has 2 rings (SSSR count). The minimum Gasteiger partial charge on any atom is -0.378 e. The maximum Gasteiger partial charge on any atom is 0.255 e. The van der Waals surface area contributed by atoms with Gasteiger partial charge < -0.3 is 16.0 Å². The van der Waals surface area contributed by atoms with E-state index in [1.54, 1.807) is 0 Å². The molecular formula is C17H21N3O. The van der Waals surface area contributed by atoms with Crippen LogP contribution in [0.15, 0.2) is 48.5 Å². The second-order valence-corrected chi connectivity index (χ2v) is 5.13. The molecule has 0 unspecified atom stereocenters. The van der Waals surface area contributed by atoms with Crippen LogP contribution >= 0.6 is 0 Å². The molecule has 0 spiro atoms. The molecule has 0 bridgehead atoms. The summed E-state index contributed by atoms with van der Waals surface area (Å²) in [4.78, 5) is 14.2. The number of nitrogens with two attached hydrogens (primary N) is 1. The van der Waals surface area contributed by atoms with Gasteiger partial charge in [0.2, 0.25) is 0 Å². The quantitative estimate of drug-likeness (QED) is 0.886. The Hall–Kier alpha value is -2.33. The molecule has 2 aromatic carbocycles. The largest absolute Gasteiger partial charge is 0.378 e. The number of nitrogens with zero attached hydrogens (tertiary/aromatic N) is 1. The Morgan fingerprint density at radius 1 is 1.05 bits per heavy atom. The number of anilines is 2. The zero-order chi connectivity index (χ0) is 15.2. The number of hydrogen-bond donors (Lipinski definition) is 2. The van der Waals surface area contributed by atoms with Crippen molar-refractivity contribution in [2.45, 2.75) is 6.42 Å². The summed E-state index contributed by atoms with van der Waals surface area (Å²) in [7, 11) is 3.97. The highest BCUT2D eigenvalue weighted by molar-refractivity contribution is 6.04. The van der Waals surface area contributed by atoms with Crippen molar-refractivity contribution in [1.29, 1.82) is 0 Å². The van der Waals surface area contributed by atoms with E-state index in [0.29, 0.717) is 12.1 Å². The van der Waals surface area contributed by atoms with E-state index >= 15 is 0 Å². The maximum absolute atomic E-state index is 12.2. The van der Waals surface area contributed by atoms with Gasteiger partial charge in [-0.05, 0) is 54.9 Å². The minimum absolute atomic E-state index is 0.105. The van der Waals surface area contributed by atoms with Crippen LogP contribution in [0.5, 0.6) is 0 Å². The van der Waals surface area contributed by atoms with E-state index in [-0.39, 0.29) is 5.91 Å². The van der Waals surface area contributed by atoms with E-state index in [1.165, 1.54) is 0 Å². The first-order valence-corrected chi connectivity index (χ1v) is 6.98. The summed E-state index contributed by atoms with van der Waals surface area (Å²) in [5, 5.41) is 2.89. The number of amides is 1. The lowest BCUT2D eigenvalue weighted by Crippen LogP contribution is -2.13. The van der Waals surface area contributed by atoms with Crippen LogP contribution in [0.2, 0.25) is 0 Å². The number of hydrogen-bond acceptors (Lipinski definition) is 3. The molecule has 0 saturated heterocycles. The highest BCUT2D eigenvalue weighted by Gasteiger charge is 2.06. The van der Waals surface area contributed by atoms with E-state index in [4.69, 9.17) is 5.73 Å². The van der Waals surface area contributed by atoms with Crippen molar-refractivity contribution in [1.82, 2.24) is 0 Å². The average Bonchev–Trinajstić information content (AvgIpc) is 2.49. The Kier molecular flexibility index (Phi) is 4.95. The molecule has 0 atom stereocenters. The van der Waals surface area contributed by atoms with Crippen molar-refractivity contribution < 1.29 is 4.79 Å². The molecule has 110 valence electrons. The number of carbonyl (C=O) groups excluding carboxylic acids is 1. The Labute approximate surface area is 125 Å². The second kappa shape index (κ2) is 6.90. The van der Waals surface area contributed by atoms with Gasteiger partial charge in [0.05, 0.1) is 0 Å². The first-order chi connectivity index (χ1) is 10.1. The van der Waals surface area contributed by atoms with Crippen LogP contribution in [-0.2, 0) is 6.42 Å². The third-order valence-electron chi connectivity index (χ3n) is 3.29. The summed E-state index contributed by atoms with van der Waals surface area (Å²) in [6.07, 6.45) is 0.827. The van der Waals surface area contributed by atoms with Crippen LogP contribution in [0.1, 0.15) is 15.9 Å². The minimum atomic E-state index is -0.105. The fourth-order valence-corrected chi connectivity index (χ4v) is 2.04. The number of nitrogens with one attached hydrogen (secondary N) is 1. The van der Waals surface area contributed by atoms with E-state index in [1.807, 2.05) is 67.5 Å². The number of carbonyl (C=O) groups is 1.